The standard InChI is InChI=1S/C16H28N2O4.H3O4P/c1-5-12(6-2)22-14-9-11(16(20)21-7-3)8-13(17)15(14)18-10(4)19;1-5(2,3)4/h9,12-15H,5-8,17H2,1-4H3,(H,18,19);(H3,1,2,3,4)/t13?,14?,15-;/m1./s1. The first-order valence-electron chi connectivity index (χ1n) is 8.77. The summed E-state index contributed by atoms with van der Waals surface area (Å²) in [7, 11) is -4.64. The molecule has 158 valence electrons. The lowest BCUT2D eigenvalue weighted by Gasteiger charge is -2.36. The Hall–Kier alpha value is -1.29. The van der Waals surface area contributed by atoms with Gasteiger partial charge in [-0.3, -0.25) is 4.79 Å². The van der Waals surface area contributed by atoms with E-state index in [1.54, 1.807) is 13.0 Å². The lowest BCUT2D eigenvalue weighted by molar-refractivity contribution is -0.139. The molecule has 0 spiro atoms. The van der Waals surface area contributed by atoms with E-state index in [0.717, 1.165) is 12.8 Å². The summed E-state index contributed by atoms with van der Waals surface area (Å²) >= 11 is 0. The van der Waals surface area contributed by atoms with Crippen molar-refractivity contribution in [3.05, 3.63) is 11.6 Å². The molecular formula is C16H31N2O8P. The molecule has 0 bridgehead atoms. The summed E-state index contributed by atoms with van der Waals surface area (Å²) in [6.45, 7) is 7.62. The fourth-order valence-electron chi connectivity index (χ4n) is 2.62. The molecule has 1 aliphatic carbocycles. The van der Waals surface area contributed by atoms with E-state index in [4.69, 9.17) is 34.5 Å². The first kappa shape index (κ1) is 25.7. The number of phosphoric acid groups is 1. The fraction of sp³-hybridized carbons (Fsp3) is 0.750. The normalized spacial score (nSPS) is 22.4. The average Bonchev–Trinajstić information content (AvgIpc) is 2.53. The number of nitrogens with one attached hydrogen (secondary N) is 1. The van der Waals surface area contributed by atoms with Crippen LogP contribution in [0.2, 0.25) is 0 Å². The summed E-state index contributed by atoms with van der Waals surface area (Å²) in [6, 6.07) is -0.719. The van der Waals surface area contributed by atoms with Crippen LogP contribution in [0.5, 0.6) is 0 Å². The van der Waals surface area contributed by atoms with E-state index >= 15 is 0 Å². The van der Waals surface area contributed by atoms with Crippen molar-refractivity contribution in [1.29, 1.82) is 0 Å². The maximum atomic E-state index is 12.0. The largest absolute Gasteiger partial charge is 0.466 e. The summed E-state index contributed by atoms with van der Waals surface area (Å²) in [5, 5.41) is 2.84. The van der Waals surface area contributed by atoms with Crippen LogP contribution in [0.4, 0.5) is 0 Å². The average molecular weight is 410 g/mol. The van der Waals surface area contributed by atoms with Gasteiger partial charge in [-0.05, 0) is 32.3 Å². The number of hydrogen-bond acceptors (Lipinski definition) is 6. The van der Waals surface area contributed by atoms with Crippen molar-refractivity contribution < 1.29 is 38.3 Å². The van der Waals surface area contributed by atoms with Gasteiger partial charge in [0, 0.05) is 18.5 Å². The van der Waals surface area contributed by atoms with Gasteiger partial charge in [-0.25, -0.2) is 9.36 Å². The molecule has 1 rings (SSSR count). The van der Waals surface area contributed by atoms with Gasteiger partial charge in [0.2, 0.25) is 5.91 Å². The van der Waals surface area contributed by atoms with E-state index in [-0.39, 0.29) is 30.1 Å². The Morgan fingerprint density at radius 2 is 1.81 bits per heavy atom. The quantitative estimate of drug-likeness (QED) is 0.294. The number of carbonyl (C=O) groups is 2. The molecule has 10 nitrogen and oxygen atoms in total. The molecule has 0 aliphatic heterocycles. The molecule has 0 heterocycles. The van der Waals surface area contributed by atoms with E-state index < -0.39 is 13.9 Å². The minimum atomic E-state index is -4.64. The second kappa shape index (κ2) is 12.2. The summed E-state index contributed by atoms with van der Waals surface area (Å²) < 4.78 is 20.0. The molecule has 6 N–H and O–H groups in total. The number of nitrogens with two attached hydrogens (primary N) is 1. The predicted molar refractivity (Wildman–Crippen MR) is 98.4 cm³/mol. The van der Waals surface area contributed by atoms with Gasteiger partial charge in [-0.2, -0.15) is 0 Å². The Morgan fingerprint density at radius 3 is 2.22 bits per heavy atom. The number of hydrogen-bond donors (Lipinski definition) is 5. The lowest BCUT2D eigenvalue weighted by Crippen LogP contribution is -2.57. The molecular weight excluding hydrogens is 379 g/mol. The molecule has 0 saturated carbocycles. The fourth-order valence-corrected chi connectivity index (χ4v) is 2.62. The number of carbonyl (C=O) groups excluding carboxylic acids is 2. The van der Waals surface area contributed by atoms with Gasteiger partial charge in [0.25, 0.3) is 0 Å². The molecule has 11 heteroatoms. The SMILES string of the molecule is CCOC(=O)C1=CC(OC(CC)CC)[C@H](NC(C)=O)C(N)C1.O=P(O)(O)O. The van der Waals surface area contributed by atoms with Crippen molar-refractivity contribution >= 4 is 19.7 Å². The van der Waals surface area contributed by atoms with Gasteiger partial charge in [-0.1, -0.05) is 13.8 Å². The van der Waals surface area contributed by atoms with Crippen molar-refractivity contribution in [3.63, 3.8) is 0 Å². The summed E-state index contributed by atoms with van der Waals surface area (Å²) in [5.41, 5.74) is 6.68. The third-order valence-corrected chi connectivity index (χ3v) is 3.80. The molecule has 0 saturated heterocycles. The topological polar surface area (TPSA) is 168 Å². The van der Waals surface area contributed by atoms with E-state index in [1.807, 2.05) is 13.8 Å². The maximum Gasteiger partial charge on any atom is 0.466 e. The van der Waals surface area contributed by atoms with Crippen LogP contribution in [0.25, 0.3) is 0 Å². The zero-order chi connectivity index (χ0) is 21.2. The van der Waals surface area contributed by atoms with E-state index in [0.29, 0.717) is 18.6 Å². The highest BCUT2D eigenvalue weighted by Gasteiger charge is 2.35. The second-order valence-electron chi connectivity index (χ2n) is 6.06. The predicted octanol–water partition coefficient (Wildman–Crippen LogP) is 0.357. The number of amides is 1. The molecule has 0 radical (unpaired) electrons. The molecule has 3 atom stereocenters. The van der Waals surface area contributed by atoms with Crippen molar-refractivity contribution in [1.82, 2.24) is 5.32 Å². The molecule has 1 aliphatic rings. The van der Waals surface area contributed by atoms with Crippen molar-refractivity contribution in [2.45, 2.75) is 71.2 Å². The first-order chi connectivity index (χ1) is 12.4. The number of esters is 1. The Labute approximate surface area is 159 Å². The van der Waals surface area contributed by atoms with Crippen LogP contribution in [0.15, 0.2) is 11.6 Å². The Bertz CT molecular complexity index is 550. The molecule has 0 fully saturated rings. The third kappa shape index (κ3) is 11.2. The first-order valence-corrected chi connectivity index (χ1v) is 10.3. The Kier molecular flexibility index (Phi) is 11.6. The van der Waals surface area contributed by atoms with Gasteiger partial charge < -0.3 is 35.2 Å². The van der Waals surface area contributed by atoms with Crippen molar-refractivity contribution in [2.75, 3.05) is 6.61 Å². The van der Waals surface area contributed by atoms with Crippen LogP contribution in [-0.2, 0) is 23.6 Å². The highest BCUT2D eigenvalue weighted by molar-refractivity contribution is 7.45. The van der Waals surface area contributed by atoms with Gasteiger partial charge in [0.1, 0.15) is 0 Å². The zero-order valence-corrected chi connectivity index (χ0v) is 17.0. The lowest BCUT2D eigenvalue weighted by atomic mass is 9.88. The highest BCUT2D eigenvalue weighted by Crippen LogP contribution is 2.26. The molecule has 0 aromatic carbocycles. The smallest absolute Gasteiger partial charge is 0.463 e. The highest BCUT2D eigenvalue weighted by atomic mass is 31.2. The van der Waals surface area contributed by atoms with Crippen LogP contribution in [0.3, 0.4) is 0 Å². The zero-order valence-electron chi connectivity index (χ0n) is 16.1. The van der Waals surface area contributed by atoms with Crippen LogP contribution in [-0.4, -0.2) is 57.5 Å². The van der Waals surface area contributed by atoms with Crippen molar-refractivity contribution in [2.24, 2.45) is 5.73 Å². The minimum absolute atomic E-state index is 0.0613. The van der Waals surface area contributed by atoms with Gasteiger partial charge in [-0.15, -0.1) is 0 Å². The van der Waals surface area contributed by atoms with E-state index in [2.05, 4.69) is 5.32 Å². The van der Waals surface area contributed by atoms with Crippen molar-refractivity contribution in [3.8, 4) is 0 Å². The molecule has 27 heavy (non-hydrogen) atoms. The Balaban J connectivity index is 0.00000119. The van der Waals surface area contributed by atoms with Gasteiger partial charge in [0.05, 0.1) is 24.9 Å². The summed E-state index contributed by atoms with van der Waals surface area (Å²) in [6.07, 6.45) is 3.48. The van der Waals surface area contributed by atoms with Crippen LogP contribution in [0.1, 0.15) is 47.0 Å². The molecule has 0 aromatic rings. The minimum Gasteiger partial charge on any atom is -0.463 e. The molecule has 0 aromatic heterocycles. The van der Waals surface area contributed by atoms with Gasteiger partial charge in [0.15, 0.2) is 0 Å². The molecule has 1 amide bonds. The maximum absolute atomic E-state index is 12.0. The molecule has 2 unspecified atom stereocenters. The van der Waals surface area contributed by atoms with E-state index in [9.17, 15) is 9.59 Å². The monoisotopic (exact) mass is 410 g/mol. The summed E-state index contributed by atoms with van der Waals surface area (Å²) in [4.78, 5) is 44.9. The van der Waals surface area contributed by atoms with Crippen LogP contribution >= 0.6 is 7.82 Å². The third-order valence-electron chi connectivity index (χ3n) is 3.80. The summed E-state index contributed by atoms with van der Waals surface area (Å²) in [5.74, 6) is -0.524. The number of rotatable bonds is 7. The van der Waals surface area contributed by atoms with Crippen LogP contribution < -0.4 is 11.1 Å². The van der Waals surface area contributed by atoms with E-state index in [1.165, 1.54) is 6.92 Å². The van der Waals surface area contributed by atoms with Gasteiger partial charge >= 0.3 is 13.8 Å². The Morgan fingerprint density at radius 1 is 1.30 bits per heavy atom. The van der Waals surface area contributed by atoms with Crippen LogP contribution in [0, 0.1) is 0 Å². The number of ether oxygens (including phenoxy) is 2. The second-order valence-corrected chi connectivity index (χ2v) is 7.09.